The van der Waals surface area contributed by atoms with E-state index in [2.05, 4.69) is 5.32 Å². The summed E-state index contributed by atoms with van der Waals surface area (Å²) in [6.07, 6.45) is 0.858. The molecule has 1 N–H and O–H groups in total. The highest BCUT2D eigenvalue weighted by Crippen LogP contribution is 2.27. The van der Waals surface area contributed by atoms with Crippen LogP contribution in [0.15, 0.2) is 12.1 Å². The lowest BCUT2D eigenvalue weighted by Gasteiger charge is -2.12. The monoisotopic (exact) mass is 247 g/mol. The Kier molecular flexibility index (Phi) is 5.23. The molecule has 15 heavy (non-hydrogen) atoms. The molecule has 0 amide bonds. The fourth-order valence-corrected chi connectivity index (χ4v) is 2.00. The molecule has 0 aliphatic heterocycles. The summed E-state index contributed by atoms with van der Waals surface area (Å²) in [7, 11) is 1.68. The van der Waals surface area contributed by atoms with Crippen LogP contribution in [0, 0.1) is 6.92 Å². The molecule has 0 heterocycles. The number of hydrogen-bond acceptors (Lipinski definition) is 2. The number of aryl methyl sites for hydroxylation is 1. The molecule has 2 nitrogen and oxygen atoms in total. The molecule has 0 aliphatic rings. The molecular formula is C11H15Cl2NO. The van der Waals surface area contributed by atoms with E-state index in [1.165, 1.54) is 0 Å². The first kappa shape index (κ1) is 12.6. The number of benzene rings is 1. The Bertz CT molecular complexity index is 329. The molecule has 1 aromatic carbocycles. The zero-order valence-corrected chi connectivity index (χ0v) is 10.5. The van der Waals surface area contributed by atoms with Crippen molar-refractivity contribution in [1.29, 1.82) is 0 Å². The summed E-state index contributed by atoms with van der Waals surface area (Å²) in [5, 5.41) is 3.80. The van der Waals surface area contributed by atoms with E-state index in [4.69, 9.17) is 27.9 Å². The Morgan fingerprint density at radius 1 is 1.40 bits per heavy atom. The van der Waals surface area contributed by atoms with Crippen molar-refractivity contribution in [3.05, 3.63) is 28.3 Å². The number of nitrogens with one attached hydrogen (secondary N) is 1. The normalized spacial score (nSPS) is 10.4. The van der Waals surface area contributed by atoms with Crippen molar-refractivity contribution < 1.29 is 4.74 Å². The Morgan fingerprint density at radius 3 is 2.73 bits per heavy atom. The zero-order valence-electron chi connectivity index (χ0n) is 8.94. The second kappa shape index (κ2) is 6.21. The van der Waals surface area contributed by atoms with Crippen LogP contribution < -0.4 is 10.1 Å². The summed E-state index contributed by atoms with van der Waals surface area (Å²) < 4.78 is 5.34. The lowest BCUT2D eigenvalue weighted by Crippen LogP contribution is -2.15. The summed E-state index contributed by atoms with van der Waals surface area (Å²) in [5.41, 5.74) is 2.17. The van der Waals surface area contributed by atoms with Crippen LogP contribution in [-0.4, -0.2) is 19.7 Å². The summed E-state index contributed by atoms with van der Waals surface area (Å²) in [6.45, 7) is 2.81. The molecule has 0 bridgehead atoms. The minimum absolute atomic E-state index is 0.460. The lowest BCUT2D eigenvalue weighted by atomic mass is 10.1. The van der Waals surface area contributed by atoms with Crippen LogP contribution in [0.3, 0.4) is 0 Å². The van der Waals surface area contributed by atoms with Gasteiger partial charge in [-0.05, 0) is 36.6 Å². The minimum atomic E-state index is 0.460. The fraction of sp³-hybridized carbons (Fsp3) is 0.455. The van der Waals surface area contributed by atoms with Crippen molar-refractivity contribution in [2.75, 3.05) is 19.7 Å². The smallest absolute Gasteiger partial charge is 0.125 e. The van der Waals surface area contributed by atoms with Gasteiger partial charge in [-0.2, -0.15) is 0 Å². The number of hydrogen-bond donors (Lipinski definition) is 1. The average molecular weight is 248 g/mol. The van der Waals surface area contributed by atoms with Gasteiger partial charge in [-0.15, -0.1) is 11.6 Å². The van der Waals surface area contributed by atoms with Gasteiger partial charge < -0.3 is 10.1 Å². The van der Waals surface area contributed by atoms with E-state index in [9.17, 15) is 0 Å². The van der Waals surface area contributed by atoms with Crippen LogP contribution in [0.25, 0.3) is 0 Å². The molecule has 0 unspecified atom stereocenters. The molecule has 0 atom stereocenters. The highest BCUT2D eigenvalue weighted by molar-refractivity contribution is 6.30. The molecule has 84 valence electrons. The van der Waals surface area contributed by atoms with E-state index in [1.54, 1.807) is 7.11 Å². The molecule has 1 rings (SSSR count). The predicted octanol–water partition coefficient (Wildman–Crippen LogP) is 2.99. The topological polar surface area (TPSA) is 21.3 Å². The summed E-state index contributed by atoms with van der Waals surface area (Å²) in [5.74, 6) is 0.913. The Balaban J connectivity index is 2.84. The number of halogens is 2. The third kappa shape index (κ3) is 3.56. The van der Waals surface area contributed by atoms with Crippen LogP contribution in [0.5, 0.6) is 5.75 Å². The van der Waals surface area contributed by atoms with Gasteiger partial charge >= 0.3 is 0 Å². The van der Waals surface area contributed by atoms with Gasteiger partial charge in [-0.3, -0.25) is 0 Å². The van der Waals surface area contributed by atoms with Gasteiger partial charge in [0.25, 0.3) is 0 Å². The SMILES string of the molecule is COc1c(C)cc(Cl)cc1CCNCCl. The Hall–Kier alpha value is -0.440. The fourth-order valence-electron chi connectivity index (χ4n) is 1.57. The highest BCUT2D eigenvalue weighted by Gasteiger charge is 2.07. The summed E-state index contributed by atoms with van der Waals surface area (Å²) in [6, 6.07) is 4.30. The highest BCUT2D eigenvalue weighted by atomic mass is 35.5. The lowest BCUT2D eigenvalue weighted by molar-refractivity contribution is 0.406. The molecule has 0 saturated carbocycles. The molecule has 4 heteroatoms. The van der Waals surface area contributed by atoms with Gasteiger partial charge in [0.1, 0.15) is 5.75 Å². The van der Waals surface area contributed by atoms with Gasteiger partial charge in [0.15, 0.2) is 0 Å². The zero-order chi connectivity index (χ0) is 11.3. The quantitative estimate of drug-likeness (QED) is 0.491. The van der Waals surface area contributed by atoms with Crippen LogP contribution in [0.2, 0.25) is 5.02 Å². The maximum absolute atomic E-state index is 5.99. The van der Waals surface area contributed by atoms with Gasteiger partial charge in [-0.1, -0.05) is 11.6 Å². The number of alkyl halides is 1. The van der Waals surface area contributed by atoms with Crippen molar-refractivity contribution in [3.63, 3.8) is 0 Å². The Labute approximate surface area is 101 Å². The molecule has 0 fully saturated rings. The minimum Gasteiger partial charge on any atom is -0.496 e. The van der Waals surface area contributed by atoms with E-state index >= 15 is 0 Å². The predicted molar refractivity (Wildman–Crippen MR) is 65.2 cm³/mol. The third-order valence-electron chi connectivity index (χ3n) is 2.19. The Morgan fingerprint density at radius 2 is 2.13 bits per heavy atom. The van der Waals surface area contributed by atoms with Gasteiger partial charge in [0.2, 0.25) is 0 Å². The average Bonchev–Trinajstić information content (AvgIpc) is 2.17. The van der Waals surface area contributed by atoms with Crippen molar-refractivity contribution >= 4 is 23.2 Å². The number of methoxy groups -OCH3 is 1. The van der Waals surface area contributed by atoms with Crippen LogP contribution >= 0.6 is 23.2 Å². The first-order valence-corrected chi connectivity index (χ1v) is 5.70. The van der Waals surface area contributed by atoms with E-state index in [-0.39, 0.29) is 0 Å². The van der Waals surface area contributed by atoms with Crippen molar-refractivity contribution in [1.82, 2.24) is 5.32 Å². The molecule has 0 radical (unpaired) electrons. The second-order valence-corrected chi connectivity index (χ2v) is 4.00. The second-order valence-electron chi connectivity index (χ2n) is 3.30. The van der Waals surface area contributed by atoms with E-state index in [0.717, 1.165) is 34.9 Å². The molecule has 0 saturated heterocycles. The molecule has 0 aromatic heterocycles. The first-order chi connectivity index (χ1) is 7.19. The van der Waals surface area contributed by atoms with E-state index < -0.39 is 0 Å². The molecule has 0 aliphatic carbocycles. The van der Waals surface area contributed by atoms with Gasteiger partial charge in [-0.25, -0.2) is 0 Å². The third-order valence-corrected chi connectivity index (χ3v) is 2.59. The van der Waals surface area contributed by atoms with Gasteiger partial charge in [0.05, 0.1) is 13.1 Å². The maximum atomic E-state index is 5.99. The van der Waals surface area contributed by atoms with Crippen molar-refractivity contribution in [2.24, 2.45) is 0 Å². The molecule has 0 spiro atoms. The molecular weight excluding hydrogens is 233 g/mol. The maximum Gasteiger partial charge on any atom is 0.125 e. The summed E-state index contributed by atoms with van der Waals surface area (Å²) >= 11 is 11.5. The summed E-state index contributed by atoms with van der Waals surface area (Å²) in [4.78, 5) is 0. The standard InChI is InChI=1S/C11H15Cl2NO/c1-8-5-10(13)6-9(11(8)15-2)3-4-14-7-12/h5-6,14H,3-4,7H2,1-2H3. The molecule has 1 aromatic rings. The van der Waals surface area contributed by atoms with Crippen LogP contribution in [0.4, 0.5) is 0 Å². The first-order valence-electron chi connectivity index (χ1n) is 4.78. The van der Waals surface area contributed by atoms with Crippen molar-refractivity contribution in [3.8, 4) is 5.75 Å². The van der Waals surface area contributed by atoms with Crippen LogP contribution in [-0.2, 0) is 6.42 Å². The number of rotatable bonds is 5. The van der Waals surface area contributed by atoms with Gasteiger partial charge in [0, 0.05) is 11.6 Å². The van der Waals surface area contributed by atoms with E-state index in [0.29, 0.717) is 6.00 Å². The largest absolute Gasteiger partial charge is 0.496 e. The van der Waals surface area contributed by atoms with Crippen molar-refractivity contribution in [2.45, 2.75) is 13.3 Å². The van der Waals surface area contributed by atoms with E-state index in [1.807, 2.05) is 19.1 Å². The van der Waals surface area contributed by atoms with Crippen LogP contribution in [0.1, 0.15) is 11.1 Å². The number of ether oxygens (including phenoxy) is 1.